The van der Waals surface area contributed by atoms with Crippen molar-refractivity contribution in [1.29, 1.82) is 0 Å². The maximum atomic E-state index is 13.6. The van der Waals surface area contributed by atoms with E-state index in [0.717, 1.165) is 32.1 Å². The molecule has 38 heavy (non-hydrogen) atoms. The molecule has 0 radical (unpaired) electrons. The monoisotopic (exact) mass is 562 g/mol. The van der Waals surface area contributed by atoms with Crippen LogP contribution in [0.4, 0.5) is 0 Å². The molecule has 1 unspecified atom stereocenters. The minimum absolute atomic E-state index is 0.0776. The molecule has 5 atom stereocenters. The lowest BCUT2D eigenvalue weighted by atomic mass is 9.52. The third-order valence-electron chi connectivity index (χ3n) is 12.2. The highest BCUT2D eigenvalue weighted by molar-refractivity contribution is 6.74. The molecule has 0 spiro atoms. The topological polar surface area (TPSA) is 35.5 Å². The Labute approximate surface area is 238 Å². The zero-order chi connectivity index (χ0) is 29.2. The Morgan fingerprint density at radius 1 is 0.816 bits per heavy atom. The lowest BCUT2D eigenvalue weighted by Gasteiger charge is -2.57. The number of hydrogen-bond donors (Lipinski definition) is 0. The van der Waals surface area contributed by atoms with Gasteiger partial charge in [-0.2, -0.15) is 0 Å². The van der Waals surface area contributed by atoms with E-state index < -0.39 is 22.7 Å². The molecule has 3 nitrogen and oxygen atoms in total. The lowest BCUT2D eigenvalue weighted by Crippen LogP contribution is -2.55. The number of carbonyl (C=O) groups is 1. The molecular weight excluding hydrogens is 501 g/mol. The summed E-state index contributed by atoms with van der Waals surface area (Å²) in [6.07, 6.45) is 10.8. The number of rotatable bonds is 4. The lowest BCUT2D eigenvalue weighted by molar-refractivity contribution is -0.124. The van der Waals surface area contributed by atoms with Crippen LogP contribution in [0.25, 0.3) is 0 Å². The predicted molar refractivity (Wildman–Crippen MR) is 168 cm³/mol. The number of hydrogen-bond acceptors (Lipinski definition) is 3. The molecule has 220 valence electrons. The van der Waals surface area contributed by atoms with Gasteiger partial charge in [-0.1, -0.05) is 74.8 Å². The van der Waals surface area contributed by atoms with Gasteiger partial charge in [0.2, 0.25) is 0 Å². The molecule has 0 heterocycles. The van der Waals surface area contributed by atoms with E-state index in [0.29, 0.717) is 24.2 Å². The fourth-order valence-electron chi connectivity index (χ4n) is 7.25. The molecule has 3 rings (SSSR count). The average Bonchev–Trinajstić information content (AvgIpc) is 2.78. The van der Waals surface area contributed by atoms with Crippen molar-refractivity contribution in [2.24, 2.45) is 22.2 Å². The number of carbonyl (C=O) groups excluding carboxylic acids is 1. The predicted octanol–water partition coefficient (Wildman–Crippen LogP) is 10.1. The van der Waals surface area contributed by atoms with Gasteiger partial charge in [-0.3, -0.25) is 4.79 Å². The summed E-state index contributed by atoms with van der Waals surface area (Å²) in [7, 11) is -3.97. The molecule has 0 aromatic heterocycles. The highest BCUT2D eigenvalue weighted by Gasteiger charge is 2.57. The molecule has 5 heteroatoms. The minimum atomic E-state index is -2.09. The summed E-state index contributed by atoms with van der Waals surface area (Å²) in [6, 6.07) is 0. The van der Waals surface area contributed by atoms with Crippen molar-refractivity contribution in [2.45, 2.75) is 169 Å². The number of Topliss-reactive ketones (excluding diaryl/α,β-unsaturated/α-hetero) is 1. The van der Waals surface area contributed by atoms with E-state index in [9.17, 15) is 4.79 Å². The Morgan fingerprint density at radius 3 is 1.92 bits per heavy atom. The van der Waals surface area contributed by atoms with Crippen LogP contribution in [0.15, 0.2) is 11.6 Å². The maximum Gasteiger partial charge on any atom is 0.193 e. The van der Waals surface area contributed by atoms with Crippen molar-refractivity contribution in [1.82, 2.24) is 0 Å². The third kappa shape index (κ3) is 6.16. The van der Waals surface area contributed by atoms with E-state index in [4.69, 9.17) is 8.85 Å². The quantitative estimate of drug-likeness (QED) is 0.252. The molecule has 3 aliphatic carbocycles. The van der Waals surface area contributed by atoms with Gasteiger partial charge in [0.1, 0.15) is 6.10 Å². The van der Waals surface area contributed by atoms with Crippen molar-refractivity contribution in [3.05, 3.63) is 11.6 Å². The van der Waals surface area contributed by atoms with E-state index in [-0.39, 0.29) is 26.3 Å². The molecule has 0 amide bonds. The third-order valence-corrected chi connectivity index (χ3v) is 21.1. The summed E-state index contributed by atoms with van der Waals surface area (Å²) in [4.78, 5) is 13.6. The second kappa shape index (κ2) is 10.2. The van der Waals surface area contributed by atoms with Crippen LogP contribution in [-0.4, -0.2) is 34.6 Å². The summed E-state index contributed by atoms with van der Waals surface area (Å²) in [5.74, 6) is 0.834. The Kier molecular flexibility index (Phi) is 8.70. The first kappa shape index (κ1) is 32.3. The summed E-state index contributed by atoms with van der Waals surface area (Å²) in [6.45, 7) is 33.3. The van der Waals surface area contributed by atoms with E-state index in [1.165, 1.54) is 18.4 Å². The smallest absolute Gasteiger partial charge is 0.193 e. The van der Waals surface area contributed by atoms with Crippen LogP contribution in [0.1, 0.15) is 121 Å². The van der Waals surface area contributed by atoms with Crippen LogP contribution < -0.4 is 0 Å². The summed E-state index contributed by atoms with van der Waals surface area (Å²) >= 11 is 0. The van der Waals surface area contributed by atoms with E-state index in [1.54, 1.807) is 0 Å². The van der Waals surface area contributed by atoms with Gasteiger partial charge in [0.05, 0.1) is 6.10 Å². The van der Waals surface area contributed by atoms with Crippen LogP contribution in [-0.2, 0) is 13.6 Å². The zero-order valence-electron chi connectivity index (χ0n) is 27.7. The summed E-state index contributed by atoms with van der Waals surface area (Å²) < 4.78 is 14.1. The van der Waals surface area contributed by atoms with Gasteiger partial charge in [-0.25, -0.2) is 0 Å². The SMILES string of the molecule is CC1(C)C2CC[C@]3(C)CCCC(=O)[C@H](O[Si](C)(C)C(C)(C)C)/C=C(\C3)[C@@]2(C)CC[C@@H]1O[Si](C)(C)C(C)(C)C. The Bertz CT molecular complexity index is 920. The largest absolute Gasteiger partial charge is 0.413 e. The van der Waals surface area contributed by atoms with E-state index in [1.807, 2.05) is 0 Å². The van der Waals surface area contributed by atoms with Crippen molar-refractivity contribution < 1.29 is 13.6 Å². The van der Waals surface area contributed by atoms with Crippen LogP contribution in [0, 0.1) is 22.2 Å². The Hall–Kier alpha value is -0.236. The standard InChI is InChI=1S/C33H62O3Si2/c1-29(2,3)37(11,12)35-26-22-24-23-32(9,19-15-16-25(26)34)20-17-27-31(7,8)28(18-21-33(24,27)10)36-38(13,14)30(4,5)6/h22,26-28H,15-21,23H2,1-14H3/b24-22+/t26-,27?,28+,32+,33-/m1/s1. The Morgan fingerprint density at radius 2 is 1.37 bits per heavy atom. The van der Waals surface area contributed by atoms with Crippen molar-refractivity contribution in [3.63, 3.8) is 0 Å². The Balaban J connectivity index is 2.07. The first-order valence-electron chi connectivity index (χ1n) is 15.5. The first-order valence-corrected chi connectivity index (χ1v) is 21.4. The normalized spacial score (nSPS) is 36.7. The minimum Gasteiger partial charge on any atom is -0.413 e. The number of ketones is 1. The summed E-state index contributed by atoms with van der Waals surface area (Å²) in [5, 5.41) is 0.290. The van der Waals surface area contributed by atoms with Crippen molar-refractivity contribution in [3.8, 4) is 0 Å². The fourth-order valence-corrected chi connectivity index (χ4v) is 9.92. The first-order chi connectivity index (χ1) is 17.0. The molecule has 2 saturated carbocycles. The van der Waals surface area contributed by atoms with Crippen LogP contribution in [0.3, 0.4) is 0 Å². The average molecular weight is 563 g/mol. The van der Waals surface area contributed by atoms with E-state index >= 15 is 0 Å². The van der Waals surface area contributed by atoms with Crippen LogP contribution in [0.2, 0.25) is 36.3 Å². The van der Waals surface area contributed by atoms with Crippen LogP contribution in [0.5, 0.6) is 0 Å². The molecule has 0 aliphatic heterocycles. The number of allylic oxidation sites excluding steroid dienone is 1. The molecule has 0 aromatic rings. The molecule has 3 aliphatic rings. The maximum absolute atomic E-state index is 13.6. The molecule has 2 fully saturated rings. The molecule has 0 N–H and O–H groups in total. The van der Waals surface area contributed by atoms with Gasteiger partial charge < -0.3 is 8.85 Å². The van der Waals surface area contributed by atoms with Crippen LogP contribution >= 0.6 is 0 Å². The fraction of sp³-hybridized carbons (Fsp3) is 0.909. The zero-order valence-corrected chi connectivity index (χ0v) is 29.7. The molecule has 0 saturated heterocycles. The second-order valence-electron chi connectivity index (χ2n) is 17.5. The van der Waals surface area contributed by atoms with Gasteiger partial charge in [0, 0.05) is 6.42 Å². The van der Waals surface area contributed by atoms with Crippen molar-refractivity contribution >= 4 is 22.4 Å². The van der Waals surface area contributed by atoms with Gasteiger partial charge in [0.25, 0.3) is 0 Å². The molecule has 2 bridgehead atoms. The molecule has 0 aromatic carbocycles. The highest BCUT2D eigenvalue weighted by atomic mass is 28.4. The van der Waals surface area contributed by atoms with Gasteiger partial charge in [-0.15, -0.1) is 0 Å². The van der Waals surface area contributed by atoms with Crippen molar-refractivity contribution in [2.75, 3.05) is 0 Å². The number of fused-ring (bicyclic) bond motifs is 4. The van der Waals surface area contributed by atoms with Gasteiger partial charge >= 0.3 is 0 Å². The molecular formula is C33H62O3Si2. The summed E-state index contributed by atoms with van der Waals surface area (Å²) in [5.41, 5.74) is 1.93. The van der Waals surface area contributed by atoms with Gasteiger partial charge in [-0.05, 0) is 109 Å². The van der Waals surface area contributed by atoms with Gasteiger partial charge in [0.15, 0.2) is 22.4 Å². The second-order valence-corrected chi connectivity index (χ2v) is 27.0. The highest BCUT2D eigenvalue weighted by Crippen LogP contribution is 2.63. The van der Waals surface area contributed by atoms with E-state index in [2.05, 4.69) is 102 Å².